The Balaban J connectivity index is 1.82. The molecule has 0 saturated carbocycles. The molecule has 106 valence electrons. The van der Waals surface area contributed by atoms with Crippen LogP contribution in [0.15, 0.2) is 42.5 Å². The quantitative estimate of drug-likeness (QED) is 0.737. The van der Waals surface area contributed by atoms with Gasteiger partial charge in [-0.1, -0.05) is 36.4 Å². The average molecular weight is 277 g/mol. The molecule has 0 radical (unpaired) electrons. The highest BCUT2D eigenvalue weighted by Gasteiger charge is 2.23. The van der Waals surface area contributed by atoms with Crippen molar-refractivity contribution in [2.45, 2.75) is 32.2 Å². The monoisotopic (exact) mass is 277 g/mol. The first kappa shape index (κ1) is 12.5. The Kier molecular flexibility index (Phi) is 2.74. The fourth-order valence-corrected chi connectivity index (χ4v) is 3.56. The van der Waals surface area contributed by atoms with E-state index in [9.17, 15) is 0 Å². The zero-order chi connectivity index (χ0) is 14.4. The number of rotatable bonds is 1. The van der Waals surface area contributed by atoms with Gasteiger partial charge in [-0.3, -0.25) is 0 Å². The minimum Gasteiger partial charge on any atom is -0.369 e. The summed E-state index contributed by atoms with van der Waals surface area (Å²) in [5, 5.41) is 0. The van der Waals surface area contributed by atoms with Gasteiger partial charge in [0.25, 0.3) is 0 Å². The molecule has 0 spiro atoms. The third-order valence-electron chi connectivity index (χ3n) is 4.64. The van der Waals surface area contributed by atoms with Crippen molar-refractivity contribution < 1.29 is 0 Å². The van der Waals surface area contributed by atoms with Crippen LogP contribution in [0.5, 0.6) is 0 Å². The number of imidazole rings is 1. The van der Waals surface area contributed by atoms with Crippen molar-refractivity contribution in [1.82, 2.24) is 9.55 Å². The number of aromatic nitrogens is 2. The van der Waals surface area contributed by atoms with Crippen LogP contribution in [0.3, 0.4) is 0 Å². The SMILES string of the molecule is Cc1cccc2c1nc(N)n2C1CCc2ccccc2C1. The number of para-hydroxylation sites is 1. The maximum atomic E-state index is 6.22. The minimum absolute atomic E-state index is 0.409. The molecule has 1 unspecified atom stereocenters. The van der Waals surface area contributed by atoms with Crippen molar-refractivity contribution in [3.63, 3.8) is 0 Å². The zero-order valence-corrected chi connectivity index (χ0v) is 12.2. The van der Waals surface area contributed by atoms with Gasteiger partial charge in [-0.05, 0) is 48.9 Å². The first-order valence-electron chi connectivity index (χ1n) is 7.54. The van der Waals surface area contributed by atoms with E-state index in [2.05, 4.69) is 58.9 Å². The Hall–Kier alpha value is -2.29. The van der Waals surface area contributed by atoms with Gasteiger partial charge in [0.2, 0.25) is 5.95 Å². The number of nitrogens with zero attached hydrogens (tertiary/aromatic N) is 2. The first-order valence-corrected chi connectivity index (χ1v) is 7.54. The molecule has 1 heterocycles. The summed E-state index contributed by atoms with van der Waals surface area (Å²) in [5.74, 6) is 0.642. The van der Waals surface area contributed by atoms with Crippen molar-refractivity contribution >= 4 is 17.0 Å². The molecule has 1 aliphatic carbocycles. The summed E-state index contributed by atoms with van der Waals surface area (Å²) in [5.41, 5.74) is 12.5. The first-order chi connectivity index (χ1) is 10.2. The maximum absolute atomic E-state index is 6.22. The highest BCUT2D eigenvalue weighted by atomic mass is 15.2. The molecule has 0 bridgehead atoms. The molecule has 0 fully saturated rings. The summed E-state index contributed by atoms with van der Waals surface area (Å²) < 4.78 is 2.23. The van der Waals surface area contributed by atoms with Crippen LogP contribution in [0.1, 0.15) is 29.2 Å². The fraction of sp³-hybridized carbons (Fsp3) is 0.278. The van der Waals surface area contributed by atoms with Crippen molar-refractivity contribution in [2.24, 2.45) is 0 Å². The highest BCUT2D eigenvalue weighted by molar-refractivity contribution is 5.81. The third kappa shape index (κ3) is 1.92. The Morgan fingerprint density at radius 1 is 1.10 bits per heavy atom. The molecule has 21 heavy (non-hydrogen) atoms. The molecule has 2 aromatic carbocycles. The molecule has 1 atom stereocenters. The van der Waals surface area contributed by atoms with Gasteiger partial charge < -0.3 is 10.3 Å². The molecule has 3 nitrogen and oxygen atoms in total. The maximum Gasteiger partial charge on any atom is 0.201 e. The molecule has 2 N–H and O–H groups in total. The highest BCUT2D eigenvalue weighted by Crippen LogP contribution is 2.33. The van der Waals surface area contributed by atoms with E-state index in [4.69, 9.17) is 5.73 Å². The molecule has 0 amide bonds. The lowest BCUT2D eigenvalue weighted by Crippen LogP contribution is -2.20. The summed E-state index contributed by atoms with van der Waals surface area (Å²) in [6.07, 6.45) is 3.28. The topological polar surface area (TPSA) is 43.8 Å². The van der Waals surface area contributed by atoms with E-state index >= 15 is 0 Å². The summed E-state index contributed by atoms with van der Waals surface area (Å²) >= 11 is 0. The Labute approximate surface area is 124 Å². The lowest BCUT2D eigenvalue weighted by atomic mass is 9.88. The lowest BCUT2D eigenvalue weighted by molar-refractivity contribution is 0.457. The number of hydrogen-bond donors (Lipinski definition) is 1. The summed E-state index contributed by atoms with van der Waals surface area (Å²) in [7, 11) is 0. The Bertz CT molecular complexity index is 816. The molecular weight excluding hydrogens is 258 g/mol. The largest absolute Gasteiger partial charge is 0.369 e. The van der Waals surface area contributed by atoms with E-state index in [1.54, 1.807) is 0 Å². The normalized spacial score (nSPS) is 17.9. The number of fused-ring (bicyclic) bond motifs is 2. The van der Waals surface area contributed by atoms with Crippen LogP contribution in [0.2, 0.25) is 0 Å². The second-order valence-electron chi connectivity index (χ2n) is 5.95. The second kappa shape index (κ2) is 4.62. The Morgan fingerprint density at radius 2 is 1.90 bits per heavy atom. The zero-order valence-electron chi connectivity index (χ0n) is 12.2. The Morgan fingerprint density at radius 3 is 2.76 bits per heavy atom. The van der Waals surface area contributed by atoms with Crippen molar-refractivity contribution in [2.75, 3.05) is 5.73 Å². The molecule has 1 aliphatic rings. The van der Waals surface area contributed by atoms with Crippen LogP contribution in [-0.2, 0) is 12.8 Å². The van der Waals surface area contributed by atoms with Crippen molar-refractivity contribution in [3.05, 3.63) is 59.2 Å². The van der Waals surface area contributed by atoms with E-state index in [1.807, 2.05) is 0 Å². The molecule has 0 aliphatic heterocycles. The second-order valence-corrected chi connectivity index (χ2v) is 5.95. The molecule has 3 aromatic rings. The lowest BCUT2D eigenvalue weighted by Gasteiger charge is -2.27. The van der Waals surface area contributed by atoms with Crippen molar-refractivity contribution in [3.8, 4) is 0 Å². The number of anilines is 1. The van der Waals surface area contributed by atoms with E-state index in [1.165, 1.54) is 16.7 Å². The van der Waals surface area contributed by atoms with Gasteiger partial charge in [0.05, 0.1) is 11.0 Å². The summed E-state index contributed by atoms with van der Waals surface area (Å²) in [4.78, 5) is 4.58. The van der Waals surface area contributed by atoms with E-state index in [-0.39, 0.29) is 0 Å². The van der Waals surface area contributed by atoms with Gasteiger partial charge in [0.15, 0.2) is 0 Å². The fourth-order valence-electron chi connectivity index (χ4n) is 3.56. The smallest absolute Gasteiger partial charge is 0.201 e. The van der Waals surface area contributed by atoms with Gasteiger partial charge in [-0.25, -0.2) is 4.98 Å². The average Bonchev–Trinajstić information content (AvgIpc) is 2.84. The van der Waals surface area contributed by atoms with Gasteiger partial charge in [0.1, 0.15) is 0 Å². The number of aryl methyl sites for hydroxylation is 2. The standard InChI is InChI=1S/C18H19N3/c1-12-5-4-8-16-17(12)20-18(19)21(16)15-10-9-13-6-2-3-7-14(13)11-15/h2-8,15H,9-11H2,1H3,(H2,19,20). The van der Waals surface area contributed by atoms with Crippen LogP contribution in [0.25, 0.3) is 11.0 Å². The van der Waals surface area contributed by atoms with Crippen LogP contribution in [-0.4, -0.2) is 9.55 Å². The van der Waals surface area contributed by atoms with Crippen LogP contribution in [0, 0.1) is 6.92 Å². The number of nitrogen functional groups attached to an aromatic ring is 1. The molecule has 4 rings (SSSR count). The molecule has 3 heteroatoms. The summed E-state index contributed by atoms with van der Waals surface area (Å²) in [6, 6.07) is 15.5. The van der Waals surface area contributed by atoms with Gasteiger partial charge in [0, 0.05) is 6.04 Å². The summed E-state index contributed by atoms with van der Waals surface area (Å²) in [6.45, 7) is 2.09. The van der Waals surface area contributed by atoms with Crippen molar-refractivity contribution in [1.29, 1.82) is 0 Å². The number of benzene rings is 2. The molecule has 0 saturated heterocycles. The van der Waals surface area contributed by atoms with E-state index < -0.39 is 0 Å². The van der Waals surface area contributed by atoms with Gasteiger partial charge in [-0.15, -0.1) is 0 Å². The van der Waals surface area contributed by atoms with E-state index in [0.29, 0.717) is 12.0 Å². The van der Waals surface area contributed by atoms with Gasteiger partial charge >= 0.3 is 0 Å². The number of nitrogens with two attached hydrogens (primary N) is 1. The predicted molar refractivity (Wildman–Crippen MR) is 86.4 cm³/mol. The van der Waals surface area contributed by atoms with Crippen LogP contribution in [0.4, 0.5) is 5.95 Å². The molecular formula is C18H19N3. The predicted octanol–water partition coefficient (Wildman–Crippen LogP) is 3.66. The third-order valence-corrected chi connectivity index (χ3v) is 4.64. The number of hydrogen-bond acceptors (Lipinski definition) is 2. The van der Waals surface area contributed by atoms with Crippen LogP contribution >= 0.6 is 0 Å². The van der Waals surface area contributed by atoms with E-state index in [0.717, 1.165) is 30.3 Å². The van der Waals surface area contributed by atoms with Crippen LogP contribution < -0.4 is 5.73 Å². The minimum atomic E-state index is 0.409. The van der Waals surface area contributed by atoms with Gasteiger partial charge in [-0.2, -0.15) is 0 Å². The molecule has 1 aromatic heterocycles.